The van der Waals surface area contributed by atoms with Crippen LogP contribution in [0.3, 0.4) is 0 Å². The summed E-state index contributed by atoms with van der Waals surface area (Å²) in [7, 11) is 1.59. The Morgan fingerprint density at radius 2 is 1.79 bits per heavy atom. The maximum atomic E-state index is 14.1. The van der Waals surface area contributed by atoms with Crippen LogP contribution in [0.2, 0.25) is 0 Å². The molecule has 3 rings (SSSR count). The summed E-state index contributed by atoms with van der Waals surface area (Å²) in [5, 5.41) is 0. The van der Waals surface area contributed by atoms with Gasteiger partial charge >= 0.3 is 6.09 Å². The van der Waals surface area contributed by atoms with Crippen molar-refractivity contribution in [2.45, 2.75) is 45.6 Å². The van der Waals surface area contributed by atoms with Crippen molar-refractivity contribution in [2.75, 3.05) is 26.7 Å². The van der Waals surface area contributed by atoms with E-state index in [1.165, 1.54) is 11.0 Å². The lowest BCUT2D eigenvalue weighted by Gasteiger charge is -2.27. The lowest BCUT2D eigenvalue weighted by atomic mass is 10.2. The molecule has 0 aromatic heterocycles. The van der Waals surface area contributed by atoms with Crippen molar-refractivity contribution in [1.29, 1.82) is 0 Å². The van der Waals surface area contributed by atoms with Crippen LogP contribution in [-0.4, -0.2) is 60.2 Å². The van der Waals surface area contributed by atoms with Crippen molar-refractivity contribution in [3.05, 3.63) is 65.5 Å². The Morgan fingerprint density at radius 3 is 2.42 bits per heavy atom. The zero-order valence-corrected chi connectivity index (χ0v) is 19.5. The van der Waals surface area contributed by atoms with Gasteiger partial charge in [0.15, 0.2) is 0 Å². The van der Waals surface area contributed by atoms with Crippen molar-refractivity contribution in [3.8, 4) is 5.75 Å². The maximum Gasteiger partial charge on any atom is 0.410 e. The van der Waals surface area contributed by atoms with Gasteiger partial charge in [0.25, 0.3) is 0 Å². The number of carbonyl (C=O) groups excluding carboxylic acids is 2. The molecule has 2 amide bonds. The quantitative estimate of drug-likeness (QED) is 0.655. The molecule has 1 saturated heterocycles. The molecule has 7 nitrogen and oxygen atoms in total. The van der Waals surface area contributed by atoms with E-state index in [1.54, 1.807) is 51.0 Å². The minimum atomic E-state index is -0.696. The standard InChI is InChI=1S/C25H31FN2O5/c1-25(2,3)33-24(30)28-15-21(32-17-19-7-5-6-8-22(19)26)14-27(23(29)16-28)13-18-9-11-20(31-4)12-10-18/h5-12,21H,13-17H2,1-4H3. The summed E-state index contributed by atoms with van der Waals surface area (Å²) in [6.07, 6.45) is -1.09. The van der Waals surface area contributed by atoms with Gasteiger partial charge < -0.3 is 19.1 Å². The Bertz CT molecular complexity index is 958. The predicted octanol–water partition coefficient (Wildman–Crippen LogP) is 4.00. The van der Waals surface area contributed by atoms with E-state index in [2.05, 4.69) is 0 Å². The number of hydrogen-bond donors (Lipinski definition) is 0. The highest BCUT2D eigenvalue weighted by molar-refractivity contribution is 5.83. The number of nitrogens with zero attached hydrogens (tertiary/aromatic N) is 2. The summed E-state index contributed by atoms with van der Waals surface area (Å²) < 4.78 is 30.7. The smallest absolute Gasteiger partial charge is 0.410 e. The molecule has 0 radical (unpaired) electrons. The van der Waals surface area contributed by atoms with E-state index in [0.29, 0.717) is 12.1 Å². The largest absolute Gasteiger partial charge is 0.497 e. The minimum absolute atomic E-state index is 0.0318. The molecule has 1 unspecified atom stereocenters. The van der Waals surface area contributed by atoms with Gasteiger partial charge in [0, 0.05) is 18.7 Å². The van der Waals surface area contributed by atoms with E-state index in [4.69, 9.17) is 14.2 Å². The molecule has 0 N–H and O–H groups in total. The Morgan fingerprint density at radius 1 is 1.09 bits per heavy atom. The van der Waals surface area contributed by atoms with Crippen molar-refractivity contribution in [1.82, 2.24) is 9.80 Å². The first-order valence-corrected chi connectivity index (χ1v) is 10.9. The van der Waals surface area contributed by atoms with E-state index in [0.717, 1.165) is 11.3 Å². The van der Waals surface area contributed by atoms with Gasteiger partial charge in [-0.3, -0.25) is 9.69 Å². The summed E-state index contributed by atoms with van der Waals surface area (Å²) in [4.78, 5) is 28.8. The second-order valence-electron chi connectivity index (χ2n) is 9.01. The van der Waals surface area contributed by atoms with Crippen LogP contribution in [0, 0.1) is 5.82 Å². The second-order valence-corrected chi connectivity index (χ2v) is 9.01. The van der Waals surface area contributed by atoms with Crippen LogP contribution in [0.5, 0.6) is 5.75 Å². The fourth-order valence-corrected chi connectivity index (χ4v) is 3.48. The zero-order chi connectivity index (χ0) is 24.0. The molecular formula is C25H31FN2O5. The molecule has 2 aromatic rings. The molecule has 0 saturated carbocycles. The molecule has 178 valence electrons. The monoisotopic (exact) mass is 458 g/mol. The number of halogens is 1. The van der Waals surface area contributed by atoms with Gasteiger partial charge in [-0.2, -0.15) is 0 Å². The van der Waals surface area contributed by atoms with Crippen LogP contribution >= 0.6 is 0 Å². The van der Waals surface area contributed by atoms with Crippen molar-refractivity contribution in [2.24, 2.45) is 0 Å². The zero-order valence-electron chi connectivity index (χ0n) is 19.5. The third-order valence-corrected chi connectivity index (χ3v) is 5.14. The van der Waals surface area contributed by atoms with Gasteiger partial charge in [0.1, 0.15) is 23.7 Å². The Balaban J connectivity index is 1.77. The summed E-state index contributed by atoms with van der Waals surface area (Å²) in [5.74, 6) is 0.151. The van der Waals surface area contributed by atoms with Crippen molar-refractivity contribution < 1.29 is 28.2 Å². The number of hydrogen-bond acceptors (Lipinski definition) is 5. The van der Waals surface area contributed by atoms with Crippen LogP contribution in [0.25, 0.3) is 0 Å². The van der Waals surface area contributed by atoms with Gasteiger partial charge in [-0.25, -0.2) is 9.18 Å². The number of methoxy groups -OCH3 is 1. The van der Waals surface area contributed by atoms with Crippen molar-refractivity contribution in [3.63, 3.8) is 0 Å². The molecule has 0 bridgehead atoms. The summed E-state index contributed by atoms with van der Waals surface area (Å²) in [6, 6.07) is 13.8. The fraction of sp³-hybridized carbons (Fsp3) is 0.440. The van der Waals surface area contributed by atoms with Crippen molar-refractivity contribution >= 4 is 12.0 Å². The summed E-state index contributed by atoms with van der Waals surface area (Å²) >= 11 is 0. The number of amides is 2. The van der Waals surface area contributed by atoms with Crippen LogP contribution in [0.15, 0.2) is 48.5 Å². The minimum Gasteiger partial charge on any atom is -0.497 e. The second kappa shape index (κ2) is 10.7. The van der Waals surface area contributed by atoms with Gasteiger partial charge in [-0.15, -0.1) is 0 Å². The summed E-state index contributed by atoms with van der Waals surface area (Å²) in [5.41, 5.74) is 0.639. The first-order chi connectivity index (χ1) is 15.6. The number of benzene rings is 2. The van der Waals surface area contributed by atoms with Crippen LogP contribution in [0.4, 0.5) is 9.18 Å². The average Bonchev–Trinajstić information content (AvgIpc) is 2.91. The highest BCUT2D eigenvalue weighted by atomic mass is 19.1. The third kappa shape index (κ3) is 7.18. The van der Waals surface area contributed by atoms with Gasteiger partial charge in [0.05, 0.1) is 26.4 Å². The first kappa shape index (κ1) is 24.5. The molecule has 33 heavy (non-hydrogen) atoms. The molecule has 1 fully saturated rings. The van der Waals surface area contributed by atoms with Crippen LogP contribution in [-0.2, 0) is 27.4 Å². The number of rotatable bonds is 6. The van der Waals surface area contributed by atoms with Crippen LogP contribution < -0.4 is 4.74 Å². The SMILES string of the molecule is COc1ccc(CN2CC(OCc3ccccc3F)CN(C(=O)OC(C)(C)C)CC2=O)cc1. The summed E-state index contributed by atoms with van der Waals surface area (Å²) in [6.45, 7) is 6.00. The molecular weight excluding hydrogens is 427 g/mol. The number of ether oxygens (including phenoxy) is 3. The Kier molecular flexibility index (Phi) is 7.92. The maximum absolute atomic E-state index is 14.1. The average molecular weight is 459 g/mol. The Hall–Kier alpha value is -3.13. The fourth-order valence-electron chi connectivity index (χ4n) is 3.48. The van der Waals surface area contributed by atoms with E-state index >= 15 is 0 Å². The molecule has 0 spiro atoms. The van der Waals surface area contributed by atoms with E-state index in [-0.39, 0.29) is 38.0 Å². The van der Waals surface area contributed by atoms with E-state index in [1.807, 2.05) is 24.3 Å². The molecule has 8 heteroatoms. The molecule has 1 aliphatic rings. The number of carbonyl (C=O) groups is 2. The van der Waals surface area contributed by atoms with E-state index < -0.39 is 17.8 Å². The highest BCUT2D eigenvalue weighted by Crippen LogP contribution is 2.19. The Labute approximate surface area is 194 Å². The van der Waals surface area contributed by atoms with E-state index in [9.17, 15) is 14.0 Å². The molecule has 1 heterocycles. The normalized spacial score (nSPS) is 17.0. The predicted molar refractivity (Wildman–Crippen MR) is 121 cm³/mol. The lowest BCUT2D eigenvalue weighted by Crippen LogP contribution is -2.42. The molecule has 1 atom stereocenters. The topological polar surface area (TPSA) is 68.3 Å². The first-order valence-electron chi connectivity index (χ1n) is 10.9. The highest BCUT2D eigenvalue weighted by Gasteiger charge is 2.33. The molecule has 0 aliphatic carbocycles. The van der Waals surface area contributed by atoms with Crippen LogP contribution in [0.1, 0.15) is 31.9 Å². The van der Waals surface area contributed by atoms with Gasteiger partial charge in [-0.1, -0.05) is 30.3 Å². The van der Waals surface area contributed by atoms with Gasteiger partial charge in [0.2, 0.25) is 5.91 Å². The lowest BCUT2D eigenvalue weighted by molar-refractivity contribution is -0.132. The molecule has 1 aliphatic heterocycles. The van der Waals surface area contributed by atoms with Gasteiger partial charge in [-0.05, 0) is 44.5 Å². The molecule has 2 aromatic carbocycles. The third-order valence-electron chi connectivity index (χ3n) is 5.14.